The van der Waals surface area contributed by atoms with E-state index in [1.165, 1.54) is 12.8 Å². The molecule has 1 saturated carbocycles. The first-order valence-corrected chi connectivity index (χ1v) is 5.04. The summed E-state index contributed by atoms with van der Waals surface area (Å²) in [6.45, 7) is 11.5. The van der Waals surface area contributed by atoms with Gasteiger partial charge in [0.1, 0.15) is 0 Å². The molecule has 1 fully saturated rings. The van der Waals surface area contributed by atoms with E-state index in [1.807, 2.05) is 0 Å². The third-order valence-corrected chi connectivity index (χ3v) is 4.14. The van der Waals surface area contributed by atoms with Crippen molar-refractivity contribution >= 4 is 0 Å². The maximum Gasteiger partial charge on any atom is 0.0144 e. The van der Waals surface area contributed by atoms with Crippen molar-refractivity contribution in [1.29, 1.82) is 0 Å². The van der Waals surface area contributed by atoms with Crippen LogP contribution in [0.15, 0.2) is 0 Å². The zero-order chi connectivity index (χ0) is 9.57. The van der Waals surface area contributed by atoms with Gasteiger partial charge in [0.25, 0.3) is 0 Å². The summed E-state index contributed by atoms with van der Waals surface area (Å²) < 4.78 is 0. The van der Waals surface area contributed by atoms with E-state index in [4.69, 9.17) is 5.73 Å². The predicted molar refractivity (Wildman–Crippen MR) is 53.9 cm³/mol. The maximum atomic E-state index is 6.28. The molecule has 0 heterocycles. The molecule has 1 heteroatoms. The van der Waals surface area contributed by atoms with Crippen LogP contribution in [0.25, 0.3) is 0 Å². The number of rotatable bonds is 0. The average molecular weight is 169 g/mol. The Bertz CT molecular complexity index is 170. The lowest BCUT2D eigenvalue weighted by atomic mass is 9.57. The lowest BCUT2D eigenvalue weighted by Gasteiger charge is -2.51. The van der Waals surface area contributed by atoms with Gasteiger partial charge in [0.05, 0.1) is 0 Å². The Kier molecular flexibility index (Phi) is 2.28. The Balaban J connectivity index is 2.86. The topological polar surface area (TPSA) is 26.0 Å². The van der Waals surface area contributed by atoms with Crippen molar-refractivity contribution in [1.82, 2.24) is 0 Å². The van der Waals surface area contributed by atoms with E-state index < -0.39 is 0 Å². The lowest BCUT2D eigenvalue weighted by molar-refractivity contribution is 0.0269. The normalized spacial score (nSPS) is 39.5. The fraction of sp³-hybridized carbons (Fsp3) is 1.00. The average Bonchev–Trinajstić information content (AvgIpc) is 1.96. The molecule has 1 unspecified atom stereocenters. The Morgan fingerprint density at radius 1 is 1.17 bits per heavy atom. The van der Waals surface area contributed by atoms with Crippen molar-refractivity contribution in [2.45, 2.75) is 53.5 Å². The Hall–Kier alpha value is -0.0400. The van der Waals surface area contributed by atoms with Gasteiger partial charge in [-0.2, -0.15) is 0 Å². The van der Waals surface area contributed by atoms with Gasteiger partial charge in [0.2, 0.25) is 0 Å². The molecule has 0 amide bonds. The first-order valence-electron chi connectivity index (χ1n) is 5.04. The van der Waals surface area contributed by atoms with Crippen LogP contribution < -0.4 is 5.73 Å². The summed E-state index contributed by atoms with van der Waals surface area (Å²) in [7, 11) is 0. The summed E-state index contributed by atoms with van der Waals surface area (Å²) in [5.41, 5.74) is 6.92. The summed E-state index contributed by atoms with van der Waals surface area (Å²) in [5.74, 6) is 0.764. The van der Waals surface area contributed by atoms with E-state index in [0.29, 0.717) is 16.9 Å². The molecule has 0 aromatic rings. The van der Waals surface area contributed by atoms with Gasteiger partial charge in [-0.3, -0.25) is 0 Å². The van der Waals surface area contributed by atoms with Gasteiger partial charge in [0.15, 0.2) is 0 Å². The van der Waals surface area contributed by atoms with Crippen molar-refractivity contribution in [3.8, 4) is 0 Å². The standard InChI is InChI=1S/C11H23N/c1-8-6-7-10(2,3)9(12)11(8,4)5/h8-9H,6-7,12H2,1-5H3/t8-,9?/m0/s1. The molecule has 2 N–H and O–H groups in total. The smallest absolute Gasteiger partial charge is 0.0144 e. The van der Waals surface area contributed by atoms with Crippen LogP contribution in [-0.2, 0) is 0 Å². The molecular formula is C11H23N. The molecule has 0 aliphatic heterocycles. The second-order valence-electron chi connectivity index (χ2n) is 5.73. The number of hydrogen-bond donors (Lipinski definition) is 1. The predicted octanol–water partition coefficient (Wildman–Crippen LogP) is 2.80. The zero-order valence-electron chi connectivity index (χ0n) is 9.15. The number of hydrogen-bond acceptors (Lipinski definition) is 1. The van der Waals surface area contributed by atoms with E-state index in [-0.39, 0.29) is 0 Å². The highest BCUT2D eigenvalue weighted by molar-refractivity contribution is 4.99. The molecular weight excluding hydrogens is 146 g/mol. The summed E-state index contributed by atoms with van der Waals surface area (Å²) in [4.78, 5) is 0. The van der Waals surface area contributed by atoms with Crippen LogP contribution in [0.3, 0.4) is 0 Å². The minimum atomic E-state index is 0.307. The molecule has 0 spiro atoms. The molecule has 0 aromatic carbocycles. The van der Waals surface area contributed by atoms with Gasteiger partial charge in [-0.25, -0.2) is 0 Å². The van der Waals surface area contributed by atoms with Crippen LogP contribution in [0.1, 0.15) is 47.5 Å². The molecule has 1 nitrogen and oxygen atoms in total. The van der Waals surface area contributed by atoms with Crippen molar-refractivity contribution in [3.63, 3.8) is 0 Å². The fourth-order valence-electron chi connectivity index (χ4n) is 2.43. The van der Waals surface area contributed by atoms with Gasteiger partial charge in [-0.05, 0) is 29.6 Å². The van der Waals surface area contributed by atoms with Crippen LogP contribution in [0.4, 0.5) is 0 Å². The van der Waals surface area contributed by atoms with Crippen LogP contribution in [0.2, 0.25) is 0 Å². The zero-order valence-corrected chi connectivity index (χ0v) is 9.15. The van der Waals surface area contributed by atoms with Crippen molar-refractivity contribution < 1.29 is 0 Å². The quantitative estimate of drug-likeness (QED) is 0.593. The van der Waals surface area contributed by atoms with Crippen LogP contribution in [-0.4, -0.2) is 6.04 Å². The van der Waals surface area contributed by atoms with Gasteiger partial charge in [-0.1, -0.05) is 34.6 Å². The molecule has 12 heavy (non-hydrogen) atoms. The third-order valence-electron chi connectivity index (χ3n) is 4.14. The SMILES string of the molecule is C[C@H]1CCC(C)(C)C(N)C1(C)C. The molecule has 72 valence electrons. The molecule has 1 aliphatic rings. The molecule has 1 aliphatic carbocycles. The van der Waals surface area contributed by atoms with Gasteiger partial charge in [0, 0.05) is 6.04 Å². The van der Waals surface area contributed by atoms with Gasteiger partial charge < -0.3 is 5.73 Å². The number of nitrogens with two attached hydrogens (primary N) is 1. The Morgan fingerprint density at radius 2 is 1.67 bits per heavy atom. The van der Waals surface area contributed by atoms with Crippen LogP contribution >= 0.6 is 0 Å². The minimum absolute atomic E-state index is 0.307. The molecule has 1 rings (SSSR count). The Morgan fingerprint density at radius 3 is 2.08 bits per heavy atom. The van der Waals surface area contributed by atoms with E-state index in [9.17, 15) is 0 Å². The first kappa shape index (κ1) is 10.0. The van der Waals surface area contributed by atoms with Gasteiger partial charge >= 0.3 is 0 Å². The highest BCUT2D eigenvalue weighted by Crippen LogP contribution is 2.47. The lowest BCUT2D eigenvalue weighted by Crippen LogP contribution is -2.54. The molecule has 0 radical (unpaired) electrons. The highest BCUT2D eigenvalue weighted by Gasteiger charge is 2.45. The van der Waals surface area contributed by atoms with E-state index in [2.05, 4.69) is 34.6 Å². The second kappa shape index (κ2) is 2.73. The molecule has 2 atom stereocenters. The monoisotopic (exact) mass is 169 g/mol. The summed E-state index contributed by atoms with van der Waals surface area (Å²) >= 11 is 0. The van der Waals surface area contributed by atoms with Gasteiger partial charge in [-0.15, -0.1) is 0 Å². The van der Waals surface area contributed by atoms with Crippen LogP contribution in [0, 0.1) is 16.7 Å². The minimum Gasteiger partial charge on any atom is -0.327 e. The van der Waals surface area contributed by atoms with Crippen molar-refractivity contribution in [2.75, 3.05) is 0 Å². The fourth-order valence-corrected chi connectivity index (χ4v) is 2.43. The summed E-state index contributed by atoms with van der Waals surface area (Å²) in [5, 5.41) is 0. The first-order chi connectivity index (χ1) is 5.28. The summed E-state index contributed by atoms with van der Waals surface area (Å²) in [6.07, 6.45) is 2.60. The highest BCUT2D eigenvalue weighted by atomic mass is 14.8. The van der Waals surface area contributed by atoms with E-state index in [0.717, 1.165) is 5.92 Å². The largest absolute Gasteiger partial charge is 0.327 e. The summed E-state index contributed by atoms with van der Waals surface area (Å²) in [6, 6.07) is 0.341. The maximum absolute atomic E-state index is 6.28. The molecule has 0 saturated heterocycles. The van der Waals surface area contributed by atoms with Crippen LogP contribution in [0.5, 0.6) is 0 Å². The van der Waals surface area contributed by atoms with Crippen molar-refractivity contribution in [3.05, 3.63) is 0 Å². The van der Waals surface area contributed by atoms with E-state index >= 15 is 0 Å². The molecule has 0 aromatic heterocycles. The third kappa shape index (κ3) is 1.39. The van der Waals surface area contributed by atoms with Crippen molar-refractivity contribution in [2.24, 2.45) is 22.5 Å². The second-order valence-corrected chi connectivity index (χ2v) is 5.73. The molecule has 0 bridgehead atoms. The Labute approximate surface area is 76.7 Å². The van der Waals surface area contributed by atoms with E-state index in [1.54, 1.807) is 0 Å².